The molecule has 1 unspecified atom stereocenters. The summed E-state index contributed by atoms with van der Waals surface area (Å²) in [5.41, 5.74) is 1.04. The summed E-state index contributed by atoms with van der Waals surface area (Å²) in [6.45, 7) is 4.24. The molecule has 3 aromatic carbocycles. The van der Waals surface area contributed by atoms with Crippen LogP contribution in [0.1, 0.15) is 42.0 Å². The van der Waals surface area contributed by atoms with Crippen molar-refractivity contribution in [3.8, 4) is 11.5 Å². The van der Waals surface area contributed by atoms with Crippen LogP contribution in [0.4, 0.5) is 13.2 Å². The van der Waals surface area contributed by atoms with Crippen LogP contribution >= 0.6 is 0 Å². The molecule has 2 aliphatic heterocycles. The molecule has 8 nitrogen and oxygen atoms in total. The topological polar surface area (TPSA) is 95.6 Å². The van der Waals surface area contributed by atoms with E-state index in [2.05, 4.69) is 27.9 Å². The molecule has 1 aromatic heterocycles. The largest absolute Gasteiger partial charge is 0.457 e. The lowest BCUT2D eigenvalue weighted by atomic mass is 9.75. The number of hydrogen-bond donors (Lipinski definition) is 3. The number of pyridine rings is 1. The fourth-order valence-electron chi connectivity index (χ4n) is 6.76. The first-order valence-electron chi connectivity index (χ1n) is 16.6. The molecule has 6 rings (SSSR count). The first-order valence-corrected chi connectivity index (χ1v) is 16.6. The summed E-state index contributed by atoms with van der Waals surface area (Å²) < 4.78 is 45.5. The maximum absolute atomic E-state index is 14.2. The van der Waals surface area contributed by atoms with Crippen LogP contribution in [0, 0.1) is 5.92 Å². The summed E-state index contributed by atoms with van der Waals surface area (Å²) >= 11 is 0. The van der Waals surface area contributed by atoms with Crippen LogP contribution in [-0.2, 0) is 34.3 Å². The molecule has 11 heteroatoms. The van der Waals surface area contributed by atoms with Crippen LogP contribution in [0.2, 0.25) is 0 Å². The van der Waals surface area contributed by atoms with Crippen molar-refractivity contribution < 1.29 is 27.5 Å². The van der Waals surface area contributed by atoms with Gasteiger partial charge in [0, 0.05) is 37.4 Å². The highest BCUT2D eigenvalue weighted by Crippen LogP contribution is 2.35. The Balaban J connectivity index is 1.25. The van der Waals surface area contributed by atoms with Crippen LogP contribution in [0.3, 0.4) is 0 Å². The molecule has 0 spiro atoms. The minimum absolute atomic E-state index is 0.0612. The van der Waals surface area contributed by atoms with Gasteiger partial charge in [-0.25, -0.2) is 0 Å². The van der Waals surface area contributed by atoms with Crippen LogP contribution < -0.4 is 20.7 Å². The van der Waals surface area contributed by atoms with E-state index in [1.54, 1.807) is 11.1 Å². The number of benzene rings is 3. The quantitative estimate of drug-likeness (QED) is 0.186. The van der Waals surface area contributed by atoms with E-state index < -0.39 is 29.4 Å². The lowest BCUT2D eigenvalue weighted by Crippen LogP contribution is -2.67. The van der Waals surface area contributed by atoms with Gasteiger partial charge in [0.25, 0.3) is 0 Å². The van der Waals surface area contributed by atoms with Gasteiger partial charge < -0.3 is 25.6 Å². The van der Waals surface area contributed by atoms with Crippen molar-refractivity contribution in [2.24, 2.45) is 5.92 Å². The number of ether oxygens (including phenoxy) is 1. The Bertz CT molecular complexity index is 1700. The predicted octanol–water partition coefficient (Wildman–Crippen LogP) is 5.84. The van der Waals surface area contributed by atoms with Gasteiger partial charge in [0.1, 0.15) is 23.6 Å². The van der Waals surface area contributed by atoms with E-state index in [9.17, 15) is 22.8 Å². The van der Waals surface area contributed by atoms with Gasteiger partial charge in [-0.1, -0.05) is 48.5 Å². The number of rotatable bonds is 11. The van der Waals surface area contributed by atoms with Crippen molar-refractivity contribution in [2.45, 2.75) is 56.5 Å². The molecule has 2 saturated heterocycles. The molecule has 49 heavy (non-hydrogen) atoms. The summed E-state index contributed by atoms with van der Waals surface area (Å²) in [6, 6.07) is 23.6. The number of nitrogens with zero attached hydrogens (tertiary/aromatic N) is 2. The minimum Gasteiger partial charge on any atom is -0.457 e. The van der Waals surface area contributed by atoms with Crippen LogP contribution in [0.15, 0.2) is 103 Å². The number of piperazine rings is 1. The van der Waals surface area contributed by atoms with E-state index in [0.717, 1.165) is 49.2 Å². The summed E-state index contributed by atoms with van der Waals surface area (Å²) in [4.78, 5) is 34.0. The van der Waals surface area contributed by atoms with Crippen molar-refractivity contribution in [1.82, 2.24) is 25.8 Å². The van der Waals surface area contributed by atoms with Gasteiger partial charge in [0.15, 0.2) is 0 Å². The number of nitrogens with one attached hydrogen (secondary N) is 3. The predicted molar refractivity (Wildman–Crippen MR) is 180 cm³/mol. The maximum Gasteiger partial charge on any atom is 0.416 e. The van der Waals surface area contributed by atoms with Gasteiger partial charge >= 0.3 is 6.18 Å². The zero-order valence-electron chi connectivity index (χ0n) is 27.2. The van der Waals surface area contributed by atoms with Crippen LogP contribution in [-0.4, -0.2) is 53.4 Å². The van der Waals surface area contributed by atoms with E-state index in [-0.39, 0.29) is 37.2 Å². The summed E-state index contributed by atoms with van der Waals surface area (Å²) in [5, 5.41) is 9.99. The molecule has 3 atom stereocenters. The molecule has 0 bridgehead atoms. The van der Waals surface area contributed by atoms with Crippen molar-refractivity contribution in [3.63, 3.8) is 0 Å². The Hall–Kier alpha value is -4.74. The molecule has 2 amide bonds. The lowest BCUT2D eigenvalue weighted by molar-refractivity contribution is -0.150. The van der Waals surface area contributed by atoms with Crippen molar-refractivity contribution in [3.05, 3.63) is 126 Å². The van der Waals surface area contributed by atoms with Gasteiger partial charge in [-0.15, -0.1) is 0 Å². The first-order chi connectivity index (χ1) is 23.6. The normalized spacial score (nSPS) is 20.0. The number of alkyl halides is 3. The Morgan fingerprint density at radius 3 is 2.18 bits per heavy atom. The van der Waals surface area contributed by atoms with Crippen LogP contribution in [0.5, 0.6) is 11.5 Å². The smallest absolute Gasteiger partial charge is 0.416 e. The second kappa shape index (κ2) is 14.8. The number of amides is 2. The number of para-hydroxylation sites is 1. The molecule has 2 fully saturated rings. The second-order valence-corrected chi connectivity index (χ2v) is 12.9. The Labute approximate surface area is 284 Å². The Kier molecular flexibility index (Phi) is 10.3. The summed E-state index contributed by atoms with van der Waals surface area (Å²) in [5.74, 6) is 0.956. The van der Waals surface area contributed by atoms with E-state index in [1.165, 1.54) is 12.1 Å². The van der Waals surface area contributed by atoms with Gasteiger partial charge in [0.2, 0.25) is 11.8 Å². The number of aromatic nitrogens is 1. The highest BCUT2D eigenvalue weighted by Gasteiger charge is 2.43. The Morgan fingerprint density at radius 1 is 0.857 bits per heavy atom. The highest BCUT2D eigenvalue weighted by atomic mass is 19.4. The maximum atomic E-state index is 14.2. The zero-order valence-corrected chi connectivity index (χ0v) is 27.2. The summed E-state index contributed by atoms with van der Waals surface area (Å²) in [7, 11) is 0. The first kappa shape index (κ1) is 34.1. The molecular formula is C38H40F3N5O3. The number of carbonyl (C=O) groups excluding carboxylic acids is 2. The van der Waals surface area contributed by atoms with Gasteiger partial charge in [-0.2, -0.15) is 13.2 Å². The van der Waals surface area contributed by atoms with Crippen molar-refractivity contribution >= 4 is 11.8 Å². The molecule has 256 valence electrons. The lowest BCUT2D eigenvalue weighted by Gasteiger charge is -2.44. The van der Waals surface area contributed by atoms with E-state index in [4.69, 9.17) is 4.74 Å². The molecule has 0 aliphatic carbocycles. The second-order valence-electron chi connectivity index (χ2n) is 12.9. The van der Waals surface area contributed by atoms with Crippen molar-refractivity contribution in [1.29, 1.82) is 0 Å². The fraction of sp³-hybridized carbons (Fsp3) is 0.342. The highest BCUT2D eigenvalue weighted by molar-refractivity contribution is 5.97. The summed E-state index contributed by atoms with van der Waals surface area (Å²) in [6.07, 6.45) is 1.04. The van der Waals surface area contributed by atoms with Gasteiger partial charge in [-0.3, -0.25) is 14.6 Å². The molecule has 0 radical (unpaired) electrons. The van der Waals surface area contributed by atoms with E-state index >= 15 is 0 Å². The number of piperidine rings is 1. The molecule has 4 aromatic rings. The Morgan fingerprint density at radius 2 is 1.53 bits per heavy atom. The third-order valence-electron chi connectivity index (χ3n) is 9.63. The standard InChI is InChI=1S/C38H40F3N5O3/c1-37(28-17-20-42-21-18-28,30-6-5-19-43-23-30)44-24-34-35(47)45-33(22-26-9-13-29(14-10-26)38(39,40)41)36(48)46(34)25-27-11-15-32(16-12-27)49-31-7-3-2-4-8-31/h2-16,19,23,28,33-34,42,44H,17-18,20-22,24-25H2,1H3,(H,45,47)/t33-,34-,37?/m0/s1. The number of carbonyl (C=O) groups is 2. The van der Waals surface area contributed by atoms with Gasteiger partial charge in [-0.05, 0) is 97.9 Å². The third-order valence-corrected chi connectivity index (χ3v) is 9.63. The average Bonchev–Trinajstić information content (AvgIpc) is 3.12. The number of halogens is 3. The van der Waals surface area contributed by atoms with Crippen molar-refractivity contribution in [2.75, 3.05) is 19.6 Å². The monoisotopic (exact) mass is 671 g/mol. The minimum atomic E-state index is -4.47. The third kappa shape index (κ3) is 8.12. The van der Waals surface area contributed by atoms with E-state index in [1.807, 2.05) is 72.9 Å². The molecule has 3 N–H and O–H groups in total. The molecule has 0 saturated carbocycles. The number of hydrogen-bond acceptors (Lipinski definition) is 6. The SMILES string of the molecule is CC(NC[C@H]1C(=O)N[C@@H](Cc2ccc(C(F)(F)F)cc2)C(=O)N1Cc1ccc(Oc2ccccc2)cc1)(c1cccnc1)C1CCNCC1. The fourth-order valence-corrected chi connectivity index (χ4v) is 6.76. The molecular weight excluding hydrogens is 631 g/mol. The van der Waals surface area contributed by atoms with E-state index in [0.29, 0.717) is 17.1 Å². The molecule has 3 heterocycles. The van der Waals surface area contributed by atoms with Gasteiger partial charge in [0.05, 0.1) is 5.56 Å². The zero-order chi connectivity index (χ0) is 34.4. The van der Waals surface area contributed by atoms with Crippen LogP contribution in [0.25, 0.3) is 0 Å². The molecule has 2 aliphatic rings. The average molecular weight is 672 g/mol.